The summed E-state index contributed by atoms with van der Waals surface area (Å²) in [7, 11) is 3.41. The first-order valence-corrected chi connectivity index (χ1v) is 5.58. The fraction of sp³-hybridized carbons (Fsp3) is 0.417. The standard InChI is InChI=1S/C12H16ClNO2/c1-14-7-3-4-11(15)10-8-9(13)5-6-12(10)16-2/h5-6,8,14H,3-4,7H2,1-2H3. The van der Waals surface area contributed by atoms with Gasteiger partial charge in [-0.3, -0.25) is 4.79 Å². The zero-order chi connectivity index (χ0) is 12.0. The second-order valence-corrected chi connectivity index (χ2v) is 3.91. The van der Waals surface area contributed by atoms with Gasteiger partial charge in [-0.05, 0) is 38.2 Å². The highest BCUT2D eigenvalue weighted by molar-refractivity contribution is 6.31. The predicted molar refractivity (Wildman–Crippen MR) is 65.5 cm³/mol. The molecule has 0 fully saturated rings. The van der Waals surface area contributed by atoms with Crippen molar-refractivity contribution in [1.29, 1.82) is 0 Å². The number of hydrogen-bond donors (Lipinski definition) is 1. The molecular weight excluding hydrogens is 226 g/mol. The summed E-state index contributed by atoms with van der Waals surface area (Å²) in [6.45, 7) is 0.828. The summed E-state index contributed by atoms with van der Waals surface area (Å²) in [6, 6.07) is 5.08. The molecular formula is C12H16ClNO2. The summed E-state index contributed by atoms with van der Waals surface area (Å²) in [5, 5.41) is 3.56. The number of hydrogen-bond acceptors (Lipinski definition) is 3. The summed E-state index contributed by atoms with van der Waals surface area (Å²) >= 11 is 5.86. The molecule has 0 bridgehead atoms. The Hall–Kier alpha value is -1.06. The average Bonchev–Trinajstić information content (AvgIpc) is 2.29. The molecule has 1 N–H and O–H groups in total. The largest absolute Gasteiger partial charge is 0.496 e. The lowest BCUT2D eigenvalue weighted by molar-refractivity contribution is 0.0977. The number of benzene rings is 1. The van der Waals surface area contributed by atoms with Crippen LogP contribution in [0, 0.1) is 0 Å². The Kier molecular flexibility index (Phi) is 5.29. The van der Waals surface area contributed by atoms with Gasteiger partial charge in [0.25, 0.3) is 0 Å². The lowest BCUT2D eigenvalue weighted by atomic mass is 10.1. The van der Waals surface area contributed by atoms with Crippen molar-refractivity contribution in [2.75, 3.05) is 20.7 Å². The smallest absolute Gasteiger partial charge is 0.166 e. The molecule has 0 aliphatic rings. The molecule has 0 atom stereocenters. The Bertz CT molecular complexity index is 366. The first-order valence-electron chi connectivity index (χ1n) is 5.20. The molecule has 0 amide bonds. The van der Waals surface area contributed by atoms with Crippen molar-refractivity contribution in [3.63, 3.8) is 0 Å². The minimum Gasteiger partial charge on any atom is -0.496 e. The van der Waals surface area contributed by atoms with Gasteiger partial charge in [-0.15, -0.1) is 0 Å². The molecule has 0 saturated carbocycles. The zero-order valence-electron chi connectivity index (χ0n) is 9.55. The van der Waals surface area contributed by atoms with E-state index in [9.17, 15) is 4.79 Å². The van der Waals surface area contributed by atoms with Crippen LogP contribution in [0.25, 0.3) is 0 Å². The quantitative estimate of drug-likeness (QED) is 0.615. The monoisotopic (exact) mass is 241 g/mol. The van der Waals surface area contributed by atoms with Gasteiger partial charge in [-0.25, -0.2) is 0 Å². The number of carbonyl (C=O) groups is 1. The second-order valence-electron chi connectivity index (χ2n) is 3.47. The number of ether oxygens (including phenoxy) is 1. The van der Waals surface area contributed by atoms with Crippen molar-refractivity contribution in [1.82, 2.24) is 5.32 Å². The second kappa shape index (κ2) is 6.51. The summed E-state index contributed by atoms with van der Waals surface area (Å²) in [4.78, 5) is 11.9. The normalized spacial score (nSPS) is 10.2. The van der Waals surface area contributed by atoms with Crippen LogP contribution in [0.3, 0.4) is 0 Å². The maximum absolute atomic E-state index is 11.9. The molecule has 1 rings (SSSR count). The van der Waals surface area contributed by atoms with Gasteiger partial charge >= 0.3 is 0 Å². The fourth-order valence-corrected chi connectivity index (χ4v) is 1.63. The molecule has 0 radical (unpaired) electrons. The van der Waals surface area contributed by atoms with Crippen LogP contribution >= 0.6 is 11.6 Å². The Labute approximate surface area is 101 Å². The van der Waals surface area contributed by atoms with Gasteiger partial charge in [0.15, 0.2) is 5.78 Å². The third kappa shape index (κ3) is 3.51. The van der Waals surface area contributed by atoms with Crippen LogP contribution < -0.4 is 10.1 Å². The molecule has 88 valence electrons. The van der Waals surface area contributed by atoms with E-state index in [1.165, 1.54) is 0 Å². The molecule has 0 saturated heterocycles. The Morgan fingerprint density at radius 3 is 2.88 bits per heavy atom. The van der Waals surface area contributed by atoms with Gasteiger partial charge in [-0.1, -0.05) is 11.6 Å². The molecule has 16 heavy (non-hydrogen) atoms. The number of halogens is 1. The number of nitrogens with one attached hydrogen (secondary N) is 1. The molecule has 3 nitrogen and oxygen atoms in total. The minimum absolute atomic E-state index is 0.0644. The maximum atomic E-state index is 11.9. The predicted octanol–water partition coefficient (Wildman–Crippen LogP) is 2.53. The summed E-state index contributed by atoms with van der Waals surface area (Å²) in [6.07, 6.45) is 1.31. The van der Waals surface area contributed by atoms with Gasteiger partial charge in [0.1, 0.15) is 5.75 Å². The molecule has 1 aromatic rings. The first-order chi connectivity index (χ1) is 7.69. The van der Waals surface area contributed by atoms with Gasteiger partial charge < -0.3 is 10.1 Å². The fourth-order valence-electron chi connectivity index (χ4n) is 1.46. The van der Waals surface area contributed by atoms with E-state index in [2.05, 4.69) is 5.32 Å². The van der Waals surface area contributed by atoms with Gasteiger partial charge in [0, 0.05) is 11.4 Å². The molecule has 0 aliphatic heterocycles. The number of methoxy groups -OCH3 is 1. The Morgan fingerprint density at radius 1 is 1.50 bits per heavy atom. The van der Waals surface area contributed by atoms with E-state index in [1.807, 2.05) is 7.05 Å². The molecule has 0 aliphatic carbocycles. The molecule has 4 heteroatoms. The van der Waals surface area contributed by atoms with Crippen molar-refractivity contribution in [3.8, 4) is 5.75 Å². The molecule has 0 unspecified atom stereocenters. The maximum Gasteiger partial charge on any atom is 0.166 e. The van der Waals surface area contributed by atoms with Crippen LogP contribution in [0.1, 0.15) is 23.2 Å². The van der Waals surface area contributed by atoms with E-state index in [1.54, 1.807) is 25.3 Å². The van der Waals surface area contributed by atoms with Crippen LogP contribution in [0.5, 0.6) is 5.75 Å². The SMILES string of the molecule is CNCCCC(=O)c1cc(Cl)ccc1OC. The lowest BCUT2D eigenvalue weighted by Crippen LogP contribution is -2.10. The van der Waals surface area contributed by atoms with Crippen molar-refractivity contribution >= 4 is 17.4 Å². The van der Waals surface area contributed by atoms with Gasteiger partial charge in [-0.2, -0.15) is 0 Å². The molecule has 0 heterocycles. The lowest BCUT2D eigenvalue weighted by Gasteiger charge is -2.07. The average molecular weight is 242 g/mol. The number of rotatable bonds is 6. The van der Waals surface area contributed by atoms with E-state index in [-0.39, 0.29) is 5.78 Å². The summed E-state index contributed by atoms with van der Waals surface area (Å²) < 4.78 is 5.13. The van der Waals surface area contributed by atoms with Crippen LogP contribution in [0.4, 0.5) is 0 Å². The third-order valence-electron chi connectivity index (χ3n) is 2.29. The van der Waals surface area contributed by atoms with Crippen molar-refractivity contribution < 1.29 is 9.53 Å². The van der Waals surface area contributed by atoms with E-state index < -0.39 is 0 Å². The first kappa shape index (κ1) is 13.0. The van der Waals surface area contributed by atoms with Gasteiger partial charge in [0.2, 0.25) is 0 Å². The Balaban J connectivity index is 2.76. The minimum atomic E-state index is 0.0644. The number of Topliss-reactive ketones (excluding diaryl/α,β-unsaturated/α-hetero) is 1. The third-order valence-corrected chi connectivity index (χ3v) is 2.53. The van der Waals surface area contributed by atoms with Crippen molar-refractivity contribution in [2.24, 2.45) is 0 Å². The van der Waals surface area contributed by atoms with Crippen LogP contribution in [-0.2, 0) is 0 Å². The molecule has 0 aromatic heterocycles. The number of ketones is 1. The van der Waals surface area contributed by atoms with Crippen molar-refractivity contribution in [2.45, 2.75) is 12.8 Å². The van der Waals surface area contributed by atoms with Crippen molar-refractivity contribution in [3.05, 3.63) is 28.8 Å². The Morgan fingerprint density at radius 2 is 2.25 bits per heavy atom. The van der Waals surface area contributed by atoms with Crippen LogP contribution in [0.15, 0.2) is 18.2 Å². The highest BCUT2D eigenvalue weighted by Crippen LogP contribution is 2.24. The van der Waals surface area contributed by atoms with E-state index in [4.69, 9.17) is 16.3 Å². The highest BCUT2D eigenvalue weighted by Gasteiger charge is 2.12. The van der Waals surface area contributed by atoms with Gasteiger partial charge in [0.05, 0.1) is 12.7 Å². The zero-order valence-corrected chi connectivity index (χ0v) is 10.3. The topological polar surface area (TPSA) is 38.3 Å². The summed E-state index contributed by atoms with van der Waals surface area (Å²) in [5.74, 6) is 0.647. The van der Waals surface area contributed by atoms with Crippen LogP contribution in [0.2, 0.25) is 5.02 Å². The van der Waals surface area contributed by atoms with E-state index in [0.29, 0.717) is 22.8 Å². The molecule has 0 spiro atoms. The highest BCUT2D eigenvalue weighted by atomic mass is 35.5. The van der Waals surface area contributed by atoms with Crippen LogP contribution in [-0.4, -0.2) is 26.5 Å². The molecule has 1 aromatic carbocycles. The van der Waals surface area contributed by atoms with E-state index in [0.717, 1.165) is 13.0 Å². The summed E-state index contributed by atoms with van der Waals surface area (Å²) in [5.41, 5.74) is 0.561. The number of carbonyl (C=O) groups excluding carboxylic acids is 1. The van der Waals surface area contributed by atoms with E-state index >= 15 is 0 Å².